The fourth-order valence-electron chi connectivity index (χ4n) is 1.50. The highest BCUT2D eigenvalue weighted by Crippen LogP contribution is 2.25. The van der Waals surface area contributed by atoms with E-state index in [0.29, 0.717) is 24.1 Å². The standard InChI is InChI=1S/C11H15N3O2S/c1-3-5-8-7-14-9(6-4-2)11(10(8)12)17(13,15)16/h3-4,7H,1-2,5-6H2,(H2,12,14)(H2,13,15,16). The zero-order valence-corrected chi connectivity index (χ0v) is 10.2. The number of rotatable bonds is 5. The molecule has 1 heterocycles. The van der Waals surface area contributed by atoms with Crippen LogP contribution in [-0.2, 0) is 22.9 Å². The summed E-state index contributed by atoms with van der Waals surface area (Å²) in [6, 6.07) is 0. The third-order valence-corrected chi connectivity index (χ3v) is 3.24. The Kier molecular flexibility index (Phi) is 4.03. The third-order valence-electron chi connectivity index (χ3n) is 2.22. The zero-order chi connectivity index (χ0) is 13.1. The number of primary sulfonamides is 1. The van der Waals surface area contributed by atoms with Crippen molar-refractivity contribution in [3.05, 3.63) is 42.8 Å². The Morgan fingerprint density at radius 3 is 2.35 bits per heavy atom. The monoisotopic (exact) mass is 253 g/mol. The predicted octanol–water partition coefficient (Wildman–Crippen LogP) is 0.768. The average molecular weight is 253 g/mol. The molecule has 0 aliphatic rings. The lowest BCUT2D eigenvalue weighted by molar-refractivity contribution is 0.596. The molecule has 92 valence electrons. The van der Waals surface area contributed by atoms with E-state index in [0.717, 1.165) is 0 Å². The number of pyridine rings is 1. The van der Waals surface area contributed by atoms with Gasteiger partial charge in [0.15, 0.2) is 0 Å². The van der Waals surface area contributed by atoms with Gasteiger partial charge in [-0.05, 0) is 12.0 Å². The molecule has 0 saturated heterocycles. The molecule has 0 spiro atoms. The van der Waals surface area contributed by atoms with Crippen LogP contribution in [0.25, 0.3) is 0 Å². The summed E-state index contributed by atoms with van der Waals surface area (Å²) in [6.45, 7) is 7.10. The molecule has 0 aromatic carbocycles. The molecule has 4 N–H and O–H groups in total. The van der Waals surface area contributed by atoms with E-state index in [1.165, 1.54) is 6.20 Å². The first-order valence-electron chi connectivity index (χ1n) is 4.92. The van der Waals surface area contributed by atoms with E-state index in [9.17, 15) is 8.42 Å². The van der Waals surface area contributed by atoms with Crippen molar-refractivity contribution in [1.82, 2.24) is 4.98 Å². The summed E-state index contributed by atoms with van der Waals surface area (Å²) in [4.78, 5) is 3.94. The molecule has 0 saturated carbocycles. The van der Waals surface area contributed by atoms with Crippen LogP contribution in [0.15, 0.2) is 36.4 Å². The van der Waals surface area contributed by atoms with E-state index in [2.05, 4.69) is 18.1 Å². The van der Waals surface area contributed by atoms with Crippen molar-refractivity contribution < 1.29 is 8.42 Å². The molecule has 6 heteroatoms. The lowest BCUT2D eigenvalue weighted by Crippen LogP contribution is -2.18. The van der Waals surface area contributed by atoms with Gasteiger partial charge >= 0.3 is 0 Å². The minimum absolute atomic E-state index is 0.114. The summed E-state index contributed by atoms with van der Waals surface area (Å²) in [6.07, 6.45) is 5.43. The fraction of sp³-hybridized carbons (Fsp3) is 0.182. The van der Waals surface area contributed by atoms with Crippen LogP contribution in [0.5, 0.6) is 0 Å². The van der Waals surface area contributed by atoms with Crippen LogP contribution in [-0.4, -0.2) is 13.4 Å². The Bertz CT molecular complexity index is 550. The lowest BCUT2D eigenvalue weighted by atomic mass is 10.1. The van der Waals surface area contributed by atoms with Gasteiger partial charge in [-0.25, -0.2) is 13.6 Å². The molecule has 1 aromatic rings. The van der Waals surface area contributed by atoms with Crippen molar-refractivity contribution in [3.63, 3.8) is 0 Å². The largest absolute Gasteiger partial charge is 0.397 e. The predicted molar refractivity (Wildman–Crippen MR) is 67.8 cm³/mol. The molecule has 0 atom stereocenters. The van der Waals surface area contributed by atoms with Gasteiger partial charge in [-0.15, -0.1) is 13.2 Å². The number of nitrogen functional groups attached to an aromatic ring is 1. The second-order valence-corrected chi connectivity index (χ2v) is 5.00. The van der Waals surface area contributed by atoms with E-state index in [4.69, 9.17) is 10.9 Å². The highest BCUT2D eigenvalue weighted by molar-refractivity contribution is 7.89. The second-order valence-electron chi connectivity index (χ2n) is 3.50. The second kappa shape index (κ2) is 5.11. The van der Waals surface area contributed by atoms with E-state index >= 15 is 0 Å². The number of anilines is 1. The average Bonchev–Trinajstić information content (AvgIpc) is 2.21. The Hall–Kier alpha value is -1.66. The van der Waals surface area contributed by atoms with Crippen LogP contribution >= 0.6 is 0 Å². The van der Waals surface area contributed by atoms with Crippen molar-refractivity contribution in [1.29, 1.82) is 0 Å². The molecule has 0 unspecified atom stereocenters. The molecule has 17 heavy (non-hydrogen) atoms. The lowest BCUT2D eigenvalue weighted by Gasteiger charge is -2.11. The SMILES string of the molecule is C=CCc1cnc(CC=C)c(S(N)(=O)=O)c1N. The van der Waals surface area contributed by atoms with Crippen LogP contribution < -0.4 is 10.9 Å². The number of aromatic nitrogens is 1. The molecule has 0 aliphatic carbocycles. The Labute approximate surface area is 101 Å². The molecule has 0 bridgehead atoms. The van der Waals surface area contributed by atoms with Crippen LogP contribution in [0, 0.1) is 0 Å². The van der Waals surface area contributed by atoms with Crippen molar-refractivity contribution in [3.8, 4) is 0 Å². The first-order chi connectivity index (χ1) is 7.91. The number of hydrogen-bond donors (Lipinski definition) is 2. The molecule has 0 amide bonds. The van der Waals surface area contributed by atoms with E-state index < -0.39 is 10.0 Å². The summed E-state index contributed by atoms with van der Waals surface area (Å²) < 4.78 is 23.0. The maximum absolute atomic E-state index is 11.5. The van der Waals surface area contributed by atoms with Crippen molar-refractivity contribution in [2.45, 2.75) is 17.7 Å². The van der Waals surface area contributed by atoms with Gasteiger partial charge in [-0.3, -0.25) is 4.98 Å². The van der Waals surface area contributed by atoms with Crippen LogP contribution in [0.3, 0.4) is 0 Å². The Morgan fingerprint density at radius 2 is 1.88 bits per heavy atom. The van der Waals surface area contributed by atoms with Gasteiger partial charge in [0, 0.05) is 12.6 Å². The molecular weight excluding hydrogens is 238 g/mol. The van der Waals surface area contributed by atoms with Gasteiger partial charge in [0.1, 0.15) is 4.90 Å². The van der Waals surface area contributed by atoms with Crippen LogP contribution in [0.2, 0.25) is 0 Å². The maximum atomic E-state index is 11.5. The highest BCUT2D eigenvalue weighted by atomic mass is 32.2. The minimum Gasteiger partial charge on any atom is -0.397 e. The summed E-state index contributed by atoms with van der Waals surface area (Å²) in [5.41, 5.74) is 6.85. The van der Waals surface area contributed by atoms with E-state index in [1.807, 2.05) is 0 Å². The molecule has 5 nitrogen and oxygen atoms in total. The smallest absolute Gasteiger partial charge is 0.241 e. The topological polar surface area (TPSA) is 99.1 Å². The normalized spacial score (nSPS) is 11.1. The summed E-state index contributed by atoms with van der Waals surface area (Å²) in [5.74, 6) is 0. The van der Waals surface area contributed by atoms with Gasteiger partial charge in [-0.2, -0.15) is 0 Å². The molecular formula is C11H15N3O2S. The van der Waals surface area contributed by atoms with Gasteiger partial charge in [0.2, 0.25) is 10.0 Å². The van der Waals surface area contributed by atoms with Crippen LogP contribution in [0.4, 0.5) is 5.69 Å². The number of sulfonamides is 1. The minimum atomic E-state index is -3.90. The first-order valence-corrected chi connectivity index (χ1v) is 6.47. The quantitative estimate of drug-likeness (QED) is 0.757. The third kappa shape index (κ3) is 2.92. The Morgan fingerprint density at radius 1 is 1.29 bits per heavy atom. The number of nitrogens with two attached hydrogens (primary N) is 2. The first kappa shape index (κ1) is 13.4. The zero-order valence-electron chi connectivity index (χ0n) is 9.39. The van der Waals surface area contributed by atoms with E-state index in [1.54, 1.807) is 12.2 Å². The molecule has 0 fully saturated rings. The number of nitrogens with zero attached hydrogens (tertiary/aromatic N) is 1. The Balaban J connectivity index is 3.52. The highest BCUT2D eigenvalue weighted by Gasteiger charge is 2.20. The summed E-state index contributed by atoms with van der Waals surface area (Å²) in [7, 11) is -3.90. The van der Waals surface area contributed by atoms with Gasteiger partial charge in [0.05, 0.1) is 11.4 Å². The number of allylic oxidation sites excluding steroid dienone is 2. The van der Waals surface area contributed by atoms with Crippen LogP contribution in [0.1, 0.15) is 11.3 Å². The van der Waals surface area contributed by atoms with Gasteiger partial charge in [0.25, 0.3) is 0 Å². The van der Waals surface area contributed by atoms with E-state index in [-0.39, 0.29) is 10.6 Å². The summed E-state index contributed by atoms with van der Waals surface area (Å²) >= 11 is 0. The molecule has 0 aliphatic heterocycles. The molecule has 0 radical (unpaired) electrons. The summed E-state index contributed by atoms with van der Waals surface area (Å²) in [5, 5.41) is 5.15. The maximum Gasteiger partial charge on any atom is 0.241 e. The molecule has 1 aromatic heterocycles. The molecule has 1 rings (SSSR count). The van der Waals surface area contributed by atoms with Gasteiger partial charge < -0.3 is 5.73 Å². The fourth-order valence-corrected chi connectivity index (χ4v) is 2.41. The van der Waals surface area contributed by atoms with Gasteiger partial charge in [-0.1, -0.05) is 12.2 Å². The van der Waals surface area contributed by atoms with Crippen molar-refractivity contribution in [2.24, 2.45) is 5.14 Å². The number of hydrogen-bond acceptors (Lipinski definition) is 4. The van der Waals surface area contributed by atoms with Crippen molar-refractivity contribution in [2.75, 3.05) is 5.73 Å². The van der Waals surface area contributed by atoms with Crippen molar-refractivity contribution >= 4 is 15.7 Å².